The summed E-state index contributed by atoms with van der Waals surface area (Å²) in [6, 6.07) is 8.33. The molecule has 126 valence electrons. The maximum atomic E-state index is 12.3. The van der Waals surface area contributed by atoms with Gasteiger partial charge in [-0.05, 0) is 29.6 Å². The van der Waals surface area contributed by atoms with E-state index in [0.29, 0.717) is 32.4 Å². The SMILES string of the molecule is Cn1c(=O)c2sccc2n2c(COC(=O)c3cccc(Cl)c3)nnc12. The van der Waals surface area contributed by atoms with E-state index in [1.54, 1.807) is 29.6 Å². The third-order valence-electron chi connectivity index (χ3n) is 3.79. The standard InChI is InChI=1S/C16H11ClN4O3S/c1-20-14(22)13-11(5-6-25-13)21-12(18-19-16(20)21)8-24-15(23)9-3-2-4-10(17)7-9/h2-7H,8H2,1H3. The maximum Gasteiger partial charge on any atom is 0.338 e. The fourth-order valence-corrected chi connectivity index (χ4v) is 3.62. The summed E-state index contributed by atoms with van der Waals surface area (Å²) < 4.78 is 9.07. The van der Waals surface area contributed by atoms with E-state index in [-0.39, 0.29) is 12.2 Å². The molecule has 0 bridgehead atoms. The number of thiophene rings is 1. The number of carbonyl (C=O) groups is 1. The smallest absolute Gasteiger partial charge is 0.338 e. The predicted molar refractivity (Wildman–Crippen MR) is 94.2 cm³/mol. The second-order valence-corrected chi connectivity index (χ2v) is 6.69. The normalized spacial score (nSPS) is 11.3. The molecule has 25 heavy (non-hydrogen) atoms. The lowest BCUT2D eigenvalue weighted by molar-refractivity contribution is 0.0461. The van der Waals surface area contributed by atoms with Crippen LogP contribution in [0, 0.1) is 0 Å². The van der Waals surface area contributed by atoms with Gasteiger partial charge in [0.05, 0.1) is 11.1 Å². The average Bonchev–Trinajstić information content (AvgIpc) is 3.24. The first kappa shape index (κ1) is 15.8. The van der Waals surface area contributed by atoms with Gasteiger partial charge < -0.3 is 4.74 Å². The van der Waals surface area contributed by atoms with Crippen LogP contribution in [0.4, 0.5) is 0 Å². The second-order valence-electron chi connectivity index (χ2n) is 5.34. The maximum absolute atomic E-state index is 12.3. The number of halogens is 1. The van der Waals surface area contributed by atoms with Gasteiger partial charge in [0, 0.05) is 12.1 Å². The number of hydrogen-bond acceptors (Lipinski definition) is 6. The number of aromatic nitrogens is 4. The van der Waals surface area contributed by atoms with Crippen molar-refractivity contribution in [2.75, 3.05) is 0 Å². The number of esters is 1. The fraction of sp³-hybridized carbons (Fsp3) is 0.125. The number of hydrogen-bond donors (Lipinski definition) is 0. The first-order chi connectivity index (χ1) is 12.1. The molecule has 0 saturated heterocycles. The van der Waals surface area contributed by atoms with E-state index >= 15 is 0 Å². The summed E-state index contributed by atoms with van der Waals surface area (Å²) in [7, 11) is 1.63. The summed E-state index contributed by atoms with van der Waals surface area (Å²) in [5.41, 5.74) is 0.920. The Morgan fingerprint density at radius 2 is 2.16 bits per heavy atom. The molecule has 0 aliphatic rings. The van der Waals surface area contributed by atoms with Crippen LogP contribution in [0.3, 0.4) is 0 Å². The van der Waals surface area contributed by atoms with Gasteiger partial charge in [0.1, 0.15) is 4.70 Å². The summed E-state index contributed by atoms with van der Waals surface area (Å²) in [6.07, 6.45) is 0. The Bertz CT molecular complexity index is 1180. The van der Waals surface area contributed by atoms with Crippen molar-refractivity contribution in [3.63, 3.8) is 0 Å². The Morgan fingerprint density at radius 1 is 1.32 bits per heavy atom. The highest BCUT2D eigenvalue weighted by atomic mass is 35.5. The van der Waals surface area contributed by atoms with Crippen LogP contribution in [0.25, 0.3) is 16.0 Å². The molecule has 7 nitrogen and oxygen atoms in total. The number of nitrogens with zero attached hydrogens (tertiary/aromatic N) is 4. The Hall–Kier alpha value is -2.71. The zero-order valence-electron chi connectivity index (χ0n) is 13.0. The first-order valence-corrected chi connectivity index (χ1v) is 8.55. The molecule has 0 amide bonds. The van der Waals surface area contributed by atoms with Crippen LogP contribution in [0.15, 0.2) is 40.5 Å². The number of ether oxygens (including phenoxy) is 1. The monoisotopic (exact) mass is 374 g/mol. The van der Waals surface area contributed by atoms with Crippen molar-refractivity contribution >= 4 is 44.9 Å². The summed E-state index contributed by atoms with van der Waals surface area (Å²) >= 11 is 7.23. The highest BCUT2D eigenvalue weighted by Crippen LogP contribution is 2.20. The van der Waals surface area contributed by atoms with E-state index in [4.69, 9.17) is 16.3 Å². The largest absolute Gasteiger partial charge is 0.454 e. The molecule has 1 aromatic carbocycles. The molecule has 3 heterocycles. The van der Waals surface area contributed by atoms with E-state index < -0.39 is 5.97 Å². The molecule has 0 radical (unpaired) electrons. The number of aryl methyl sites for hydroxylation is 1. The summed E-state index contributed by atoms with van der Waals surface area (Å²) in [6.45, 7) is -0.0737. The first-order valence-electron chi connectivity index (χ1n) is 7.29. The Labute approximate surface area is 150 Å². The Morgan fingerprint density at radius 3 is 2.96 bits per heavy atom. The molecule has 0 fully saturated rings. The van der Waals surface area contributed by atoms with E-state index in [2.05, 4.69) is 10.2 Å². The van der Waals surface area contributed by atoms with Crippen LogP contribution >= 0.6 is 22.9 Å². The number of carbonyl (C=O) groups excluding carboxylic acids is 1. The number of benzene rings is 1. The van der Waals surface area contributed by atoms with Crippen LogP contribution in [-0.2, 0) is 18.4 Å². The van der Waals surface area contributed by atoms with E-state index in [1.165, 1.54) is 22.0 Å². The fourth-order valence-electron chi connectivity index (χ4n) is 2.58. The molecule has 0 aliphatic heterocycles. The molecule has 0 N–H and O–H groups in total. The summed E-state index contributed by atoms with van der Waals surface area (Å²) in [5.74, 6) is 0.319. The van der Waals surface area contributed by atoms with Crippen molar-refractivity contribution in [2.24, 2.45) is 7.05 Å². The molecule has 0 atom stereocenters. The van der Waals surface area contributed by atoms with Gasteiger partial charge in [-0.25, -0.2) is 4.79 Å². The molecular formula is C16H11ClN4O3S. The Balaban J connectivity index is 1.71. The minimum Gasteiger partial charge on any atom is -0.454 e. The van der Waals surface area contributed by atoms with Crippen molar-refractivity contribution in [1.29, 1.82) is 0 Å². The van der Waals surface area contributed by atoms with Crippen LogP contribution in [0.5, 0.6) is 0 Å². The summed E-state index contributed by atoms with van der Waals surface area (Å²) in [4.78, 5) is 24.5. The van der Waals surface area contributed by atoms with Gasteiger partial charge in [-0.15, -0.1) is 21.5 Å². The lowest BCUT2D eigenvalue weighted by Gasteiger charge is -2.06. The van der Waals surface area contributed by atoms with Crippen LogP contribution in [0.2, 0.25) is 5.02 Å². The van der Waals surface area contributed by atoms with Crippen molar-refractivity contribution in [2.45, 2.75) is 6.61 Å². The zero-order valence-corrected chi connectivity index (χ0v) is 14.5. The average molecular weight is 375 g/mol. The van der Waals surface area contributed by atoms with Crippen LogP contribution < -0.4 is 5.56 Å². The van der Waals surface area contributed by atoms with Crippen molar-refractivity contribution in [1.82, 2.24) is 19.2 Å². The minimum absolute atomic E-state index is 0.0737. The van der Waals surface area contributed by atoms with Gasteiger partial charge >= 0.3 is 5.97 Å². The minimum atomic E-state index is -0.509. The van der Waals surface area contributed by atoms with Crippen molar-refractivity contribution in [3.05, 3.63) is 62.5 Å². The third kappa shape index (κ3) is 2.59. The zero-order chi connectivity index (χ0) is 17.6. The third-order valence-corrected chi connectivity index (χ3v) is 4.92. The van der Waals surface area contributed by atoms with Gasteiger partial charge in [0.2, 0.25) is 5.78 Å². The molecule has 0 unspecified atom stereocenters. The van der Waals surface area contributed by atoms with Gasteiger partial charge in [-0.3, -0.25) is 13.8 Å². The number of rotatable bonds is 3. The van der Waals surface area contributed by atoms with Crippen LogP contribution in [0.1, 0.15) is 16.2 Å². The highest BCUT2D eigenvalue weighted by molar-refractivity contribution is 7.17. The lowest BCUT2D eigenvalue weighted by Crippen LogP contribution is -2.19. The van der Waals surface area contributed by atoms with E-state index in [0.717, 1.165) is 0 Å². The van der Waals surface area contributed by atoms with Gasteiger partial charge in [0.15, 0.2) is 12.4 Å². The lowest BCUT2D eigenvalue weighted by atomic mass is 10.2. The molecule has 3 aromatic heterocycles. The molecule has 4 aromatic rings. The van der Waals surface area contributed by atoms with Gasteiger partial charge in [0.25, 0.3) is 5.56 Å². The highest BCUT2D eigenvalue weighted by Gasteiger charge is 2.17. The quantitative estimate of drug-likeness (QED) is 0.515. The van der Waals surface area contributed by atoms with E-state index in [9.17, 15) is 9.59 Å². The molecular weight excluding hydrogens is 364 g/mol. The van der Waals surface area contributed by atoms with E-state index in [1.807, 2.05) is 11.4 Å². The van der Waals surface area contributed by atoms with Crippen molar-refractivity contribution in [3.8, 4) is 0 Å². The van der Waals surface area contributed by atoms with Crippen LogP contribution in [-0.4, -0.2) is 25.1 Å². The van der Waals surface area contributed by atoms with Gasteiger partial charge in [-0.2, -0.15) is 0 Å². The molecule has 0 saturated carbocycles. The summed E-state index contributed by atoms with van der Waals surface area (Å²) in [5, 5.41) is 10.4. The molecule has 0 spiro atoms. The van der Waals surface area contributed by atoms with Crippen molar-refractivity contribution < 1.29 is 9.53 Å². The Kier molecular flexibility index (Phi) is 3.78. The second kappa shape index (κ2) is 5.98. The topological polar surface area (TPSA) is 78.5 Å². The number of fused-ring (bicyclic) bond motifs is 3. The van der Waals surface area contributed by atoms with Gasteiger partial charge in [-0.1, -0.05) is 17.7 Å². The molecule has 0 aliphatic carbocycles. The molecule has 9 heteroatoms. The predicted octanol–water partition coefficient (Wildman–Crippen LogP) is 2.65. The molecule has 4 rings (SSSR count).